The van der Waals surface area contributed by atoms with Crippen LogP contribution >= 0.6 is 7.82 Å². The SMILES string of the molecule is C=CC(=O)OCCOCC[N+](C)(C)C.CCC#COP(=O)(O)O. The van der Waals surface area contributed by atoms with Crippen molar-refractivity contribution < 1.29 is 37.6 Å². The highest BCUT2D eigenvalue weighted by Crippen LogP contribution is 2.34. The van der Waals surface area contributed by atoms with Gasteiger partial charge in [0, 0.05) is 12.5 Å². The Bertz CT molecular complexity index is 442. The zero-order chi connectivity index (χ0) is 18.4. The van der Waals surface area contributed by atoms with Crippen molar-refractivity contribution in [2.24, 2.45) is 0 Å². The summed E-state index contributed by atoms with van der Waals surface area (Å²) in [6, 6.07) is 0. The molecule has 0 aliphatic heterocycles. The smallest absolute Gasteiger partial charge is 0.460 e. The second kappa shape index (κ2) is 13.1. The van der Waals surface area contributed by atoms with Crippen LogP contribution in [-0.2, 0) is 23.4 Å². The van der Waals surface area contributed by atoms with Crippen LogP contribution in [0.15, 0.2) is 12.7 Å². The van der Waals surface area contributed by atoms with E-state index >= 15 is 0 Å². The molecule has 0 saturated carbocycles. The monoisotopic (exact) mass is 352 g/mol. The first kappa shape index (κ1) is 23.9. The van der Waals surface area contributed by atoms with Crippen LogP contribution in [-0.4, -0.2) is 67.7 Å². The third-order valence-corrected chi connectivity index (χ3v) is 2.29. The van der Waals surface area contributed by atoms with E-state index in [0.717, 1.165) is 17.1 Å². The lowest BCUT2D eigenvalue weighted by atomic mass is 10.5. The van der Waals surface area contributed by atoms with Crippen molar-refractivity contribution in [3.63, 3.8) is 0 Å². The molecule has 0 fully saturated rings. The molecule has 0 spiro atoms. The number of nitrogens with zero attached hydrogens (tertiary/aromatic N) is 1. The van der Waals surface area contributed by atoms with Crippen LogP contribution in [0.2, 0.25) is 0 Å². The van der Waals surface area contributed by atoms with Gasteiger partial charge in [-0.3, -0.25) is 9.79 Å². The topological polar surface area (TPSA) is 102 Å². The number of hydrogen-bond acceptors (Lipinski definition) is 5. The quantitative estimate of drug-likeness (QED) is 0.167. The van der Waals surface area contributed by atoms with E-state index in [-0.39, 0.29) is 0 Å². The average molecular weight is 352 g/mol. The molecule has 0 radical (unpaired) electrons. The second-order valence-electron chi connectivity index (χ2n) is 5.21. The van der Waals surface area contributed by atoms with Crippen LogP contribution in [0.25, 0.3) is 0 Å². The molecule has 2 N–H and O–H groups in total. The van der Waals surface area contributed by atoms with Gasteiger partial charge in [0.05, 0.1) is 34.4 Å². The molecular formula is C14H27NO7P+. The summed E-state index contributed by atoms with van der Waals surface area (Å²) >= 11 is 0. The van der Waals surface area contributed by atoms with E-state index in [0.29, 0.717) is 26.2 Å². The summed E-state index contributed by atoms with van der Waals surface area (Å²) in [6.45, 7) is 7.39. The molecule has 134 valence electrons. The van der Waals surface area contributed by atoms with Gasteiger partial charge in [0.25, 0.3) is 0 Å². The number of likely N-dealkylation sites (N-methyl/N-ethyl adjacent to an activating group) is 1. The van der Waals surface area contributed by atoms with Gasteiger partial charge < -0.3 is 18.5 Å². The predicted molar refractivity (Wildman–Crippen MR) is 86.1 cm³/mol. The molecule has 0 aromatic heterocycles. The Hall–Kier alpha value is -1.36. The minimum atomic E-state index is -4.37. The average Bonchev–Trinajstić information content (AvgIpc) is 2.41. The first-order chi connectivity index (χ1) is 10.5. The number of hydrogen-bond donors (Lipinski definition) is 2. The minimum Gasteiger partial charge on any atom is -0.460 e. The zero-order valence-corrected chi connectivity index (χ0v) is 15.0. The summed E-state index contributed by atoms with van der Waals surface area (Å²) in [7, 11) is 1.93. The largest absolute Gasteiger partial charge is 0.533 e. The molecule has 8 nitrogen and oxygen atoms in total. The van der Waals surface area contributed by atoms with Gasteiger partial charge in [0.1, 0.15) is 19.3 Å². The highest BCUT2D eigenvalue weighted by molar-refractivity contribution is 7.46. The molecule has 0 aliphatic rings. The normalized spacial score (nSPS) is 10.5. The van der Waals surface area contributed by atoms with Crippen molar-refractivity contribution in [1.29, 1.82) is 0 Å². The minimum absolute atomic E-state index is 0.294. The Morgan fingerprint density at radius 2 is 1.87 bits per heavy atom. The Balaban J connectivity index is 0. The lowest BCUT2D eigenvalue weighted by molar-refractivity contribution is -0.870. The fourth-order valence-corrected chi connectivity index (χ4v) is 1.05. The maximum Gasteiger partial charge on any atom is 0.533 e. The van der Waals surface area contributed by atoms with E-state index in [2.05, 4.69) is 38.2 Å². The van der Waals surface area contributed by atoms with E-state index in [1.54, 1.807) is 6.92 Å². The molecular weight excluding hydrogens is 325 g/mol. The van der Waals surface area contributed by atoms with Crippen molar-refractivity contribution in [2.45, 2.75) is 13.3 Å². The first-order valence-electron chi connectivity index (χ1n) is 6.91. The van der Waals surface area contributed by atoms with Gasteiger partial charge in [-0.05, 0) is 0 Å². The number of phosphoric acid groups is 1. The first-order valence-corrected chi connectivity index (χ1v) is 8.44. The Labute approximate surface area is 137 Å². The van der Waals surface area contributed by atoms with Crippen LogP contribution in [0.1, 0.15) is 13.3 Å². The maximum absolute atomic E-state index is 10.6. The van der Waals surface area contributed by atoms with E-state index in [1.165, 1.54) is 0 Å². The molecule has 0 aliphatic carbocycles. The summed E-state index contributed by atoms with van der Waals surface area (Å²) in [4.78, 5) is 26.7. The van der Waals surface area contributed by atoms with Crippen molar-refractivity contribution in [2.75, 3.05) is 47.5 Å². The highest BCUT2D eigenvalue weighted by atomic mass is 31.2. The number of phosphoric ester groups is 1. The number of carbonyl (C=O) groups is 1. The molecule has 0 rings (SSSR count). The van der Waals surface area contributed by atoms with Gasteiger partial charge in [-0.2, -0.15) is 0 Å². The van der Waals surface area contributed by atoms with Crippen molar-refractivity contribution >= 4 is 13.8 Å². The van der Waals surface area contributed by atoms with Crippen LogP contribution in [0, 0.1) is 12.0 Å². The fourth-order valence-electron chi connectivity index (χ4n) is 0.864. The van der Waals surface area contributed by atoms with E-state index in [9.17, 15) is 9.36 Å². The van der Waals surface area contributed by atoms with Gasteiger partial charge >= 0.3 is 13.8 Å². The molecule has 0 atom stereocenters. The molecule has 23 heavy (non-hydrogen) atoms. The van der Waals surface area contributed by atoms with Gasteiger partial charge in [0.2, 0.25) is 0 Å². The summed E-state index contributed by atoms with van der Waals surface area (Å²) in [5, 5.41) is 0. The molecule has 0 saturated heterocycles. The van der Waals surface area contributed by atoms with Crippen LogP contribution in [0.4, 0.5) is 0 Å². The highest BCUT2D eigenvalue weighted by Gasteiger charge is 2.11. The predicted octanol–water partition coefficient (Wildman–Crippen LogP) is 0.905. The van der Waals surface area contributed by atoms with E-state index < -0.39 is 13.8 Å². The van der Waals surface area contributed by atoms with Crippen LogP contribution < -0.4 is 0 Å². The van der Waals surface area contributed by atoms with Crippen LogP contribution in [0.3, 0.4) is 0 Å². The molecule has 0 aromatic rings. The molecule has 9 heteroatoms. The maximum atomic E-state index is 10.6. The number of esters is 1. The standard InChI is InChI=1S/C10H20NO3.C4H7O4P/c1-5-10(12)14-9-8-13-7-6-11(2,3)4;1-2-3-4-8-9(5,6)7/h5H,1,6-9H2,2-4H3;2H2,1H3,(H2,5,6,7)/q+1;. The number of carbonyl (C=O) groups excluding carboxylic acids is 1. The van der Waals surface area contributed by atoms with Crippen molar-refractivity contribution in [3.05, 3.63) is 12.7 Å². The number of quaternary nitrogens is 1. The van der Waals surface area contributed by atoms with Crippen molar-refractivity contribution in [3.8, 4) is 12.0 Å². The van der Waals surface area contributed by atoms with Gasteiger partial charge in [-0.1, -0.05) is 19.4 Å². The number of ether oxygens (including phenoxy) is 2. The molecule has 0 heterocycles. The van der Waals surface area contributed by atoms with Crippen molar-refractivity contribution in [1.82, 2.24) is 0 Å². The second-order valence-corrected chi connectivity index (χ2v) is 6.38. The third kappa shape index (κ3) is 25.9. The zero-order valence-electron chi connectivity index (χ0n) is 14.2. The lowest BCUT2D eigenvalue weighted by Crippen LogP contribution is -2.37. The third-order valence-electron chi connectivity index (χ3n) is 1.96. The molecule has 0 aromatic carbocycles. The molecule has 0 bridgehead atoms. The molecule has 0 unspecified atom stereocenters. The van der Waals surface area contributed by atoms with E-state index in [4.69, 9.17) is 19.3 Å². The summed E-state index contributed by atoms with van der Waals surface area (Å²) in [6.07, 6.45) is 3.52. The summed E-state index contributed by atoms with van der Waals surface area (Å²) in [5.74, 6) is 1.94. The summed E-state index contributed by atoms with van der Waals surface area (Å²) in [5.41, 5.74) is 0. The van der Waals surface area contributed by atoms with Crippen LogP contribution in [0.5, 0.6) is 0 Å². The van der Waals surface area contributed by atoms with E-state index in [1.807, 2.05) is 6.11 Å². The fraction of sp³-hybridized carbons (Fsp3) is 0.643. The Morgan fingerprint density at radius 3 is 2.30 bits per heavy atom. The van der Waals surface area contributed by atoms with Gasteiger partial charge in [-0.15, -0.1) is 0 Å². The Kier molecular flexibility index (Phi) is 13.6. The Morgan fingerprint density at radius 1 is 1.26 bits per heavy atom. The number of rotatable bonds is 8. The lowest BCUT2D eigenvalue weighted by Gasteiger charge is -2.23. The molecule has 0 amide bonds. The summed E-state index contributed by atoms with van der Waals surface area (Å²) < 4.78 is 24.5. The van der Waals surface area contributed by atoms with Gasteiger partial charge in [-0.25, -0.2) is 9.36 Å². The van der Waals surface area contributed by atoms with Gasteiger partial charge in [0.15, 0.2) is 0 Å².